The number of amides is 3. The highest BCUT2D eigenvalue weighted by molar-refractivity contribution is 6.10. The number of hydrogen-bond donors (Lipinski definition) is 3. The van der Waals surface area contributed by atoms with Gasteiger partial charge in [-0.3, -0.25) is 30.2 Å². The van der Waals surface area contributed by atoms with Crippen molar-refractivity contribution in [2.24, 2.45) is 0 Å². The molecule has 7 nitrogen and oxygen atoms in total. The van der Waals surface area contributed by atoms with Crippen LogP contribution in [0.4, 0.5) is 5.69 Å². The van der Waals surface area contributed by atoms with E-state index in [2.05, 4.69) is 21.2 Å². The molecule has 3 N–H and O–H groups in total. The number of nitrogens with zero attached hydrogens (tertiary/aromatic N) is 1. The molecule has 1 heterocycles. The highest BCUT2D eigenvalue weighted by Gasteiger charge is 2.17. The van der Waals surface area contributed by atoms with E-state index in [1.807, 2.05) is 0 Å². The minimum absolute atomic E-state index is 0.232. The zero-order valence-corrected chi connectivity index (χ0v) is 15.1. The topological polar surface area (TPSA) is 100 Å². The minimum atomic E-state index is -0.544. The largest absolute Gasteiger partial charge is 0.321 e. The predicted octanol–water partition coefficient (Wildman–Crippen LogP) is 2.72. The second kappa shape index (κ2) is 8.59. The van der Waals surface area contributed by atoms with Crippen LogP contribution in [0.15, 0.2) is 73.1 Å². The third-order valence-corrected chi connectivity index (χ3v) is 4.02. The molecule has 0 fully saturated rings. The molecule has 0 radical (unpaired) electrons. The van der Waals surface area contributed by atoms with Crippen molar-refractivity contribution in [2.45, 2.75) is 6.92 Å². The number of aromatic nitrogens is 1. The van der Waals surface area contributed by atoms with Crippen LogP contribution in [0.5, 0.6) is 0 Å². The van der Waals surface area contributed by atoms with Gasteiger partial charge in [0.1, 0.15) is 0 Å². The molecule has 7 heteroatoms. The second-order valence-corrected chi connectivity index (χ2v) is 5.96. The number of nitrogens with one attached hydrogen (secondary N) is 3. The lowest BCUT2D eigenvalue weighted by Crippen LogP contribution is -2.42. The number of aryl methyl sites for hydroxylation is 1. The summed E-state index contributed by atoms with van der Waals surface area (Å²) in [6.07, 6.45) is 3.03. The predicted molar refractivity (Wildman–Crippen MR) is 105 cm³/mol. The van der Waals surface area contributed by atoms with Crippen molar-refractivity contribution in [1.82, 2.24) is 15.8 Å². The molecule has 1 aromatic heterocycles. The Balaban J connectivity index is 1.75. The van der Waals surface area contributed by atoms with Gasteiger partial charge in [-0.15, -0.1) is 0 Å². The van der Waals surface area contributed by atoms with Crippen LogP contribution in [0.1, 0.15) is 36.6 Å². The third kappa shape index (κ3) is 4.39. The summed E-state index contributed by atoms with van der Waals surface area (Å²) in [6, 6.07) is 16.7. The van der Waals surface area contributed by atoms with Crippen molar-refractivity contribution in [3.05, 3.63) is 95.3 Å². The normalized spacial score (nSPS) is 10.0. The molecule has 0 bridgehead atoms. The number of carbonyl (C=O) groups excluding carboxylic acids is 3. The van der Waals surface area contributed by atoms with Crippen molar-refractivity contribution in [3.8, 4) is 0 Å². The lowest BCUT2D eigenvalue weighted by Gasteiger charge is -2.14. The van der Waals surface area contributed by atoms with E-state index in [1.54, 1.807) is 67.6 Å². The minimum Gasteiger partial charge on any atom is -0.321 e. The molecule has 0 atom stereocenters. The standard InChI is InChI=1S/C21H18N4O3/c1-14-6-5-9-17(18(14)23-19(26)16-10-12-22-13-11-16)21(28)25-24-20(27)15-7-3-2-4-8-15/h2-13H,1H3,(H,23,26)(H,24,27)(H,25,28). The Morgan fingerprint density at radius 3 is 2.07 bits per heavy atom. The van der Waals surface area contributed by atoms with Crippen LogP contribution in [-0.2, 0) is 0 Å². The Morgan fingerprint density at radius 1 is 0.714 bits per heavy atom. The van der Waals surface area contributed by atoms with Gasteiger partial charge in [0.2, 0.25) is 0 Å². The van der Waals surface area contributed by atoms with Crippen LogP contribution in [-0.4, -0.2) is 22.7 Å². The highest BCUT2D eigenvalue weighted by atomic mass is 16.2. The average Bonchev–Trinajstić information content (AvgIpc) is 2.74. The third-order valence-electron chi connectivity index (χ3n) is 4.02. The zero-order valence-electron chi connectivity index (χ0n) is 15.1. The van der Waals surface area contributed by atoms with Crippen molar-refractivity contribution in [2.75, 3.05) is 5.32 Å². The number of rotatable bonds is 4. The molecule has 0 saturated heterocycles. The molecule has 0 aliphatic carbocycles. The van der Waals surface area contributed by atoms with E-state index < -0.39 is 11.8 Å². The van der Waals surface area contributed by atoms with Gasteiger partial charge in [0.15, 0.2) is 0 Å². The first kappa shape index (κ1) is 18.8. The Bertz CT molecular complexity index is 1000. The molecule has 28 heavy (non-hydrogen) atoms. The molecule has 0 saturated carbocycles. The number of anilines is 1. The monoisotopic (exact) mass is 374 g/mol. The Kier molecular flexibility index (Phi) is 5.76. The summed E-state index contributed by atoms with van der Waals surface area (Å²) in [6.45, 7) is 1.78. The van der Waals surface area contributed by atoms with E-state index in [-0.39, 0.29) is 11.5 Å². The molecular formula is C21H18N4O3. The van der Waals surface area contributed by atoms with E-state index in [0.29, 0.717) is 22.4 Å². The molecular weight excluding hydrogens is 356 g/mol. The van der Waals surface area contributed by atoms with Crippen LogP contribution < -0.4 is 16.2 Å². The lowest BCUT2D eigenvalue weighted by atomic mass is 10.1. The van der Waals surface area contributed by atoms with Gasteiger partial charge in [-0.1, -0.05) is 30.3 Å². The first-order chi connectivity index (χ1) is 13.6. The molecule has 3 rings (SSSR count). The smallest absolute Gasteiger partial charge is 0.271 e. The van der Waals surface area contributed by atoms with Gasteiger partial charge in [0.05, 0.1) is 11.3 Å². The Labute approximate surface area is 161 Å². The number of hydrogen-bond acceptors (Lipinski definition) is 4. The van der Waals surface area contributed by atoms with E-state index in [9.17, 15) is 14.4 Å². The van der Waals surface area contributed by atoms with Crippen LogP contribution in [0, 0.1) is 6.92 Å². The van der Waals surface area contributed by atoms with Gasteiger partial charge in [-0.2, -0.15) is 0 Å². The van der Waals surface area contributed by atoms with E-state index in [4.69, 9.17) is 0 Å². The van der Waals surface area contributed by atoms with Crippen molar-refractivity contribution in [1.29, 1.82) is 0 Å². The SMILES string of the molecule is Cc1cccc(C(=O)NNC(=O)c2ccccc2)c1NC(=O)c1ccncc1. The van der Waals surface area contributed by atoms with Crippen molar-refractivity contribution >= 4 is 23.4 Å². The molecule has 0 aliphatic rings. The fourth-order valence-electron chi connectivity index (χ4n) is 2.55. The molecule has 0 aliphatic heterocycles. The van der Waals surface area contributed by atoms with Crippen molar-refractivity contribution < 1.29 is 14.4 Å². The van der Waals surface area contributed by atoms with Gasteiger partial charge in [-0.25, -0.2) is 0 Å². The number of pyridine rings is 1. The van der Waals surface area contributed by atoms with Gasteiger partial charge in [-0.05, 0) is 42.8 Å². The lowest BCUT2D eigenvalue weighted by molar-refractivity contribution is 0.0847. The maximum absolute atomic E-state index is 12.6. The molecule has 3 amide bonds. The van der Waals surface area contributed by atoms with Crippen molar-refractivity contribution in [3.63, 3.8) is 0 Å². The molecule has 140 valence electrons. The van der Waals surface area contributed by atoms with Gasteiger partial charge in [0, 0.05) is 23.5 Å². The summed E-state index contributed by atoms with van der Waals surface area (Å²) in [4.78, 5) is 41.0. The van der Waals surface area contributed by atoms with Crippen LogP contribution in [0.2, 0.25) is 0 Å². The van der Waals surface area contributed by atoms with E-state index in [0.717, 1.165) is 0 Å². The summed E-state index contributed by atoms with van der Waals surface area (Å²) in [5, 5.41) is 2.76. The average molecular weight is 374 g/mol. The highest BCUT2D eigenvalue weighted by Crippen LogP contribution is 2.21. The van der Waals surface area contributed by atoms with Crippen LogP contribution in [0.3, 0.4) is 0 Å². The van der Waals surface area contributed by atoms with E-state index >= 15 is 0 Å². The Hall–Kier alpha value is -4.00. The summed E-state index contributed by atoms with van der Waals surface area (Å²) < 4.78 is 0. The maximum atomic E-state index is 12.6. The molecule has 0 spiro atoms. The fourth-order valence-corrected chi connectivity index (χ4v) is 2.55. The Morgan fingerprint density at radius 2 is 1.36 bits per heavy atom. The summed E-state index contributed by atoms with van der Waals surface area (Å²) in [5.41, 5.74) is 6.90. The van der Waals surface area contributed by atoms with Crippen LogP contribution >= 0.6 is 0 Å². The van der Waals surface area contributed by atoms with Gasteiger partial charge >= 0.3 is 0 Å². The molecule has 2 aromatic carbocycles. The first-order valence-electron chi connectivity index (χ1n) is 8.53. The summed E-state index contributed by atoms with van der Waals surface area (Å²) in [7, 11) is 0. The maximum Gasteiger partial charge on any atom is 0.271 e. The van der Waals surface area contributed by atoms with Crippen LogP contribution in [0.25, 0.3) is 0 Å². The molecule has 0 unspecified atom stereocenters. The zero-order chi connectivity index (χ0) is 19.9. The van der Waals surface area contributed by atoms with Gasteiger partial charge in [0.25, 0.3) is 17.7 Å². The second-order valence-electron chi connectivity index (χ2n) is 5.96. The number of benzene rings is 2. The quantitative estimate of drug-likeness (QED) is 0.611. The molecule has 3 aromatic rings. The fraction of sp³-hybridized carbons (Fsp3) is 0.0476. The summed E-state index contributed by atoms with van der Waals surface area (Å²) >= 11 is 0. The van der Waals surface area contributed by atoms with Gasteiger partial charge < -0.3 is 5.32 Å². The first-order valence-corrected chi connectivity index (χ1v) is 8.53. The number of para-hydroxylation sites is 1. The number of carbonyl (C=O) groups is 3. The summed E-state index contributed by atoms with van der Waals surface area (Å²) in [5.74, 6) is -1.35. The number of hydrazine groups is 1. The van der Waals surface area contributed by atoms with E-state index in [1.165, 1.54) is 12.4 Å².